The van der Waals surface area contributed by atoms with Crippen LogP contribution in [0.25, 0.3) is 0 Å². The number of amides is 1. The van der Waals surface area contributed by atoms with E-state index in [9.17, 15) is 14.3 Å². The van der Waals surface area contributed by atoms with Gasteiger partial charge in [-0.15, -0.1) is 0 Å². The number of hydrogen-bond acceptors (Lipinski definition) is 7. The fourth-order valence-electron chi connectivity index (χ4n) is 3.73. The number of halogens is 1. The predicted molar refractivity (Wildman–Crippen MR) is 128 cm³/mol. The molecular formula is C26H27FN4O4. The molecule has 2 heterocycles. The van der Waals surface area contributed by atoms with Crippen molar-refractivity contribution in [1.29, 1.82) is 0 Å². The van der Waals surface area contributed by atoms with E-state index in [0.717, 1.165) is 11.1 Å². The van der Waals surface area contributed by atoms with E-state index in [1.54, 1.807) is 32.9 Å². The third-order valence-corrected chi connectivity index (χ3v) is 5.69. The Balaban J connectivity index is 1.44. The molecule has 0 spiro atoms. The highest BCUT2D eigenvalue weighted by atomic mass is 19.1. The van der Waals surface area contributed by atoms with Crippen LogP contribution in [-0.4, -0.2) is 33.8 Å². The molecule has 182 valence electrons. The maximum atomic E-state index is 13.6. The normalized spacial score (nSPS) is 15.4. The Labute approximate surface area is 202 Å². The van der Waals surface area contributed by atoms with Crippen LogP contribution in [0.2, 0.25) is 0 Å². The predicted octanol–water partition coefficient (Wildman–Crippen LogP) is 3.96. The summed E-state index contributed by atoms with van der Waals surface area (Å²) in [6.07, 6.45) is 0.191. The molecule has 0 radical (unpaired) electrons. The van der Waals surface area contributed by atoms with E-state index in [4.69, 9.17) is 9.57 Å². The SMILES string of the molecule is COc1cc(CNC(=O)c2cc(C3=NOC(c4ccc(C(C)(C)O)cc4)C3)nc(C)n2)ccc1F. The third kappa shape index (κ3) is 5.63. The number of hydrogen-bond donors (Lipinski definition) is 2. The molecule has 1 aliphatic heterocycles. The van der Waals surface area contributed by atoms with E-state index >= 15 is 0 Å². The Bertz CT molecular complexity index is 1270. The molecule has 9 heteroatoms. The Hall–Kier alpha value is -3.85. The minimum absolute atomic E-state index is 0.112. The largest absolute Gasteiger partial charge is 0.494 e. The van der Waals surface area contributed by atoms with Crippen molar-refractivity contribution >= 4 is 11.6 Å². The van der Waals surface area contributed by atoms with E-state index in [0.29, 0.717) is 29.2 Å². The van der Waals surface area contributed by atoms with E-state index in [1.165, 1.54) is 19.2 Å². The van der Waals surface area contributed by atoms with Crippen LogP contribution in [0.1, 0.15) is 65.1 Å². The zero-order chi connectivity index (χ0) is 25.2. The maximum Gasteiger partial charge on any atom is 0.270 e. The second-order valence-electron chi connectivity index (χ2n) is 8.85. The topological polar surface area (TPSA) is 106 Å². The van der Waals surface area contributed by atoms with Crippen LogP contribution in [0, 0.1) is 12.7 Å². The van der Waals surface area contributed by atoms with Gasteiger partial charge >= 0.3 is 0 Å². The summed E-state index contributed by atoms with van der Waals surface area (Å²) in [5.41, 5.74) is 2.83. The first-order valence-corrected chi connectivity index (χ1v) is 11.2. The average Bonchev–Trinajstić information content (AvgIpc) is 3.33. The summed E-state index contributed by atoms with van der Waals surface area (Å²) in [7, 11) is 1.39. The lowest BCUT2D eigenvalue weighted by atomic mass is 9.95. The molecule has 4 rings (SSSR count). The van der Waals surface area contributed by atoms with Crippen molar-refractivity contribution in [1.82, 2.24) is 15.3 Å². The fraction of sp³-hybridized carbons (Fsp3) is 0.308. The molecule has 3 aromatic rings. The van der Waals surface area contributed by atoms with Gasteiger partial charge in [-0.05, 0) is 55.7 Å². The molecule has 1 unspecified atom stereocenters. The second-order valence-corrected chi connectivity index (χ2v) is 8.85. The summed E-state index contributed by atoms with van der Waals surface area (Å²) >= 11 is 0. The molecule has 35 heavy (non-hydrogen) atoms. The fourth-order valence-corrected chi connectivity index (χ4v) is 3.73. The molecule has 1 atom stereocenters. The molecule has 1 aromatic heterocycles. The van der Waals surface area contributed by atoms with Crippen molar-refractivity contribution < 1.29 is 23.9 Å². The summed E-state index contributed by atoms with van der Waals surface area (Å²) in [5, 5.41) is 17.1. The number of carbonyl (C=O) groups excluding carboxylic acids is 1. The molecule has 2 N–H and O–H groups in total. The monoisotopic (exact) mass is 478 g/mol. The van der Waals surface area contributed by atoms with Crippen molar-refractivity contribution in [2.75, 3.05) is 7.11 Å². The lowest BCUT2D eigenvalue weighted by Gasteiger charge is -2.18. The molecule has 2 aromatic carbocycles. The van der Waals surface area contributed by atoms with Crippen LogP contribution in [0.15, 0.2) is 53.7 Å². The van der Waals surface area contributed by atoms with E-state index < -0.39 is 17.3 Å². The number of methoxy groups -OCH3 is 1. The van der Waals surface area contributed by atoms with Crippen molar-refractivity contribution in [3.8, 4) is 5.75 Å². The van der Waals surface area contributed by atoms with Crippen LogP contribution in [-0.2, 0) is 17.0 Å². The Morgan fingerprint density at radius 2 is 1.94 bits per heavy atom. The lowest BCUT2D eigenvalue weighted by Crippen LogP contribution is -2.25. The summed E-state index contributed by atoms with van der Waals surface area (Å²) in [4.78, 5) is 27.1. The number of carbonyl (C=O) groups is 1. The van der Waals surface area contributed by atoms with Gasteiger partial charge in [0.25, 0.3) is 5.91 Å². The van der Waals surface area contributed by atoms with Gasteiger partial charge in [-0.2, -0.15) is 0 Å². The number of aryl methyl sites for hydroxylation is 1. The highest BCUT2D eigenvalue weighted by molar-refractivity contribution is 6.02. The zero-order valence-electron chi connectivity index (χ0n) is 20.0. The first kappa shape index (κ1) is 24.3. The Morgan fingerprint density at radius 1 is 1.20 bits per heavy atom. The highest BCUT2D eigenvalue weighted by Crippen LogP contribution is 2.31. The zero-order valence-corrected chi connectivity index (χ0v) is 20.0. The quantitative estimate of drug-likeness (QED) is 0.533. The van der Waals surface area contributed by atoms with Gasteiger partial charge in [0, 0.05) is 13.0 Å². The minimum atomic E-state index is -0.922. The number of rotatable bonds is 7. The molecule has 0 saturated carbocycles. The Morgan fingerprint density at radius 3 is 2.63 bits per heavy atom. The van der Waals surface area contributed by atoms with Crippen molar-refractivity contribution in [2.24, 2.45) is 5.16 Å². The van der Waals surface area contributed by atoms with E-state index in [-0.39, 0.29) is 24.1 Å². The maximum absolute atomic E-state index is 13.6. The molecule has 0 bridgehead atoms. The van der Waals surface area contributed by atoms with Crippen molar-refractivity contribution in [2.45, 2.75) is 45.4 Å². The van der Waals surface area contributed by atoms with Crippen LogP contribution < -0.4 is 10.1 Å². The molecule has 0 fully saturated rings. The Kier molecular flexibility index (Phi) is 6.79. The van der Waals surface area contributed by atoms with Crippen LogP contribution in [0.5, 0.6) is 5.75 Å². The molecule has 8 nitrogen and oxygen atoms in total. The van der Waals surface area contributed by atoms with Gasteiger partial charge in [0.15, 0.2) is 17.7 Å². The van der Waals surface area contributed by atoms with Gasteiger partial charge in [0.05, 0.1) is 18.4 Å². The van der Waals surface area contributed by atoms with Crippen LogP contribution in [0.3, 0.4) is 0 Å². The second kappa shape index (κ2) is 9.79. The average molecular weight is 479 g/mol. The highest BCUT2D eigenvalue weighted by Gasteiger charge is 2.26. The summed E-state index contributed by atoms with van der Waals surface area (Å²) < 4.78 is 18.6. The van der Waals surface area contributed by atoms with Gasteiger partial charge in [0.2, 0.25) is 0 Å². The molecule has 1 amide bonds. The van der Waals surface area contributed by atoms with Crippen molar-refractivity contribution in [3.05, 3.63) is 88.3 Å². The van der Waals surface area contributed by atoms with Crippen molar-refractivity contribution in [3.63, 3.8) is 0 Å². The van der Waals surface area contributed by atoms with E-state index in [1.807, 2.05) is 24.3 Å². The van der Waals surface area contributed by atoms with E-state index in [2.05, 4.69) is 20.4 Å². The number of ether oxygens (including phenoxy) is 1. The standard InChI is InChI=1S/C26H27FN4O4/c1-15-29-20(21-13-23(35-31-21)17-6-8-18(9-7-17)26(2,3)33)12-22(30-15)25(32)28-14-16-5-10-19(27)24(11-16)34-4/h5-12,23,33H,13-14H2,1-4H3,(H,28,32). The smallest absolute Gasteiger partial charge is 0.270 e. The van der Waals surface area contributed by atoms with Crippen LogP contribution in [0.4, 0.5) is 4.39 Å². The molecule has 0 saturated heterocycles. The number of aromatic nitrogens is 2. The molecule has 0 aliphatic carbocycles. The van der Waals surface area contributed by atoms with Gasteiger partial charge < -0.3 is 20.0 Å². The lowest BCUT2D eigenvalue weighted by molar-refractivity contribution is 0.0773. The number of oxime groups is 1. The van der Waals surface area contributed by atoms with Gasteiger partial charge in [-0.3, -0.25) is 4.79 Å². The first-order chi connectivity index (χ1) is 16.6. The van der Waals surface area contributed by atoms with Crippen LogP contribution >= 0.6 is 0 Å². The summed E-state index contributed by atoms with van der Waals surface area (Å²) in [5.74, 6) is -0.319. The molecule has 1 aliphatic rings. The summed E-state index contributed by atoms with van der Waals surface area (Å²) in [6.45, 7) is 5.35. The number of aliphatic hydroxyl groups is 1. The minimum Gasteiger partial charge on any atom is -0.494 e. The van der Waals surface area contributed by atoms with Gasteiger partial charge in [-0.1, -0.05) is 35.5 Å². The number of nitrogens with zero attached hydrogens (tertiary/aromatic N) is 3. The van der Waals surface area contributed by atoms with Gasteiger partial charge in [0.1, 0.15) is 17.2 Å². The third-order valence-electron chi connectivity index (χ3n) is 5.69. The number of nitrogens with one attached hydrogen (secondary N) is 1. The number of benzene rings is 2. The molecular weight excluding hydrogens is 451 g/mol. The van der Waals surface area contributed by atoms with Gasteiger partial charge in [-0.25, -0.2) is 14.4 Å². The first-order valence-electron chi connectivity index (χ1n) is 11.2. The summed E-state index contributed by atoms with van der Waals surface area (Å²) in [6, 6.07) is 13.5.